The van der Waals surface area contributed by atoms with Gasteiger partial charge in [-0.3, -0.25) is 4.79 Å². The van der Waals surface area contributed by atoms with E-state index in [0.29, 0.717) is 17.5 Å². The smallest absolute Gasteiger partial charge is 0.339 e. The van der Waals surface area contributed by atoms with Crippen LogP contribution >= 0.6 is 0 Å². The average molecular weight is 319 g/mol. The number of carboxylic acids is 1. The molecule has 1 aromatic carbocycles. The van der Waals surface area contributed by atoms with Gasteiger partial charge in [-0.1, -0.05) is 19.1 Å². The summed E-state index contributed by atoms with van der Waals surface area (Å²) in [5.41, 5.74) is 1.12. The maximum atomic E-state index is 13.6. The monoisotopic (exact) mass is 319 g/mol. The molecule has 1 aromatic heterocycles. The average Bonchev–Trinajstić information content (AvgIpc) is 2.94. The van der Waals surface area contributed by atoms with Crippen LogP contribution in [0.25, 0.3) is 0 Å². The minimum atomic E-state index is -1.14. The minimum Gasteiger partial charge on any atom is -0.478 e. The molecule has 23 heavy (non-hydrogen) atoms. The van der Waals surface area contributed by atoms with Gasteiger partial charge in [0.05, 0.1) is 6.04 Å². The number of carboxylic acid groups (broad SMARTS) is 1. The molecule has 2 N–H and O–H groups in total. The van der Waals surface area contributed by atoms with Gasteiger partial charge < -0.3 is 14.8 Å². The lowest BCUT2D eigenvalue weighted by atomic mass is 10.1. The molecule has 1 atom stereocenters. The lowest BCUT2D eigenvalue weighted by molar-refractivity contribution is 0.0694. The zero-order valence-electron chi connectivity index (χ0n) is 13.1. The Kier molecular flexibility index (Phi) is 4.83. The summed E-state index contributed by atoms with van der Waals surface area (Å²) in [5.74, 6) is -1.85. The second kappa shape index (κ2) is 6.64. The van der Waals surface area contributed by atoms with Gasteiger partial charge in [-0.2, -0.15) is 0 Å². The molecule has 0 aliphatic carbocycles. The van der Waals surface area contributed by atoms with Gasteiger partial charge in [0.15, 0.2) is 5.76 Å². The first-order chi connectivity index (χ1) is 10.8. The van der Waals surface area contributed by atoms with E-state index >= 15 is 0 Å². The first-order valence-corrected chi connectivity index (χ1v) is 7.26. The number of benzene rings is 1. The van der Waals surface area contributed by atoms with Gasteiger partial charge in [0.1, 0.15) is 17.1 Å². The zero-order chi connectivity index (χ0) is 17.1. The van der Waals surface area contributed by atoms with Crippen molar-refractivity contribution in [2.75, 3.05) is 0 Å². The number of halogens is 1. The van der Waals surface area contributed by atoms with Crippen molar-refractivity contribution in [3.63, 3.8) is 0 Å². The minimum absolute atomic E-state index is 0.0216. The van der Waals surface area contributed by atoms with E-state index in [4.69, 9.17) is 9.52 Å². The largest absolute Gasteiger partial charge is 0.478 e. The quantitative estimate of drug-likeness (QED) is 0.884. The van der Waals surface area contributed by atoms with Gasteiger partial charge in [-0.25, -0.2) is 9.18 Å². The van der Waals surface area contributed by atoms with Crippen molar-refractivity contribution in [3.05, 3.63) is 58.3 Å². The molecule has 1 unspecified atom stereocenters. The molecule has 2 aromatic rings. The Morgan fingerprint density at radius 3 is 2.57 bits per heavy atom. The second-order valence-electron chi connectivity index (χ2n) is 5.31. The number of aromatic carboxylic acids is 1. The molecule has 0 spiro atoms. The number of aryl methyl sites for hydroxylation is 2. The van der Waals surface area contributed by atoms with E-state index in [1.54, 1.807) is 32.9 Å². The molecule has 0 aliphatic heterocycles. The number of carbonyl (C=O) groups is 2. The van der Waals surface area contributed by atoms with Gasteiger partial charge in [0.2, 0.25) is 0 Å². The fourth-order valence-electron chi connectivity index (χ4n) is 2.21. The number of hydrogen-bond donors (Lipinski definition) is 2. The van der Waals surface area contributed by atoms with Gasteiger partial charge >= 0.3 is 5.97 Å². The summed E-state index contributed by atoms with van der Waals surface area (Å²) in [6, 6.07) is 5.49. The number of hydrogen-bond acceptors (Lipinski definition) is 3. The van der Waals surface area contributed by atoms with Crippen molar-refractivity contribution >= 4 is 11.9 Å². The van der Waals surface area contributed by atoms with Gasteiger partial charge in [0, 0.05) is 12.5 Å². The highest BCUT2D eigenvalue weighted by Crippen LogP contribution is 2.19. The van der Waals surface area contributed by atoms with Crippen molar-refractivity contribution in [2.24, 2.45) is 0 Å². The van der Waals surface area contributed by atoms with Crippen LogP contribution in [0.5, 0.6) is 0 Å². The molecule has 0 fully saturated rings. The number of carbonyl (C=O) groups excluding carboxylic acids is 1. The van der Waals surface area contributed by atoms with Crippen LogP contribution in [0, 0.1) is 12.7 Å². The van der Waals surface area contributed by atoms with Crippen molar-refractivity contribution in [3.8, 4) is 0 Å². The highest BCUT2D eigenvalue weighted by Gasteiger charge is 2.21. The second-order valence-corrected chi connectivity index (χ2v) is 5.31. The molecule has 0 radical (unpaired) electrons. The predicted molar refractivity (Wildman–Crippen MR) is 82.1 cm³/mol. The Morgan fingerprint density at radius 1 is 1.35 bits per heavy atom. The van der Waals surface area contributed by atoms with E-state index in [9.17, 15) is 14.0 Å². The third-order valence-corrected chi connectivity index (χ3v) is 3.63. The molecular weight excluding hydrogens is 301 g/mol. The summed E-state index contributed by atoms with van der Waals surface area (Å²) < 4.78 is 18.9. The standard InChI is InChI=1S/C17H18FNO4/c1-4-14-12(17(21)22)8-15(23-14)16(20)19-10(3)11-6-5-9(2)13(18)7-11/h5-8,10H,4H2,1-3H3,(H,19,20)(H,21,22). The van der Waals surface area contributed by atoms with E-state index in [1.807, 2.05) is 0 Å². The lowest BCUT2D eigenvalue weighted by Gasteiger charge is -2.14. The summed E-state index contributed by atoms with van der Waals surface area (Å²) in [4.78, 5) is 23.3. The highest BCUT2D eigenvalue weighted by atomic mass is 19.1. The molecule has 5 nitrogen and oxygen atoms in total. The molecule has 0 saturated carbocycles. The fraction of sp³-hybridized carbons (Fsp3) is 0.294. The Labute approximate surface area is 133 Å². The van der Waals surface area contributed by atoms with Crippen LogP contribution < -0.4 is 5.32 Å². The number of furan rings is 1. The van der Waals surface area contributed by atoms with Gasteiger partial charge in [-0.05, 0) is 31.0 Å². The lowest BCUT2D eigenvalue weighted by Crippen LogP contribution is -2.26. The van der Waals surface area contributed by atoms with Crippen LogP contribution in [-0.4, -0.2) is 17.0 Å². The van der Waals surface area contributed by atoms with Crippen molar-refractivity contribution in [1.29, 1.82) is 0 Å². The number of rotatable bonds is 5. The first-order valence-electron chi connectivity index (χ1n) is 7.26. The zero-order valence-corrected chi connectivity index (χ0v) is 13.1. The molecule has 0 aliphatic rings. The van der Waals surface area contributed by atoms with E-state index < -0.39 is 17.9 Å². The summed E-state index contributed by atoms with van der Waals surface area (Å²) >= 11 is 0. The van der Waals surface area contributed by atoms with Crippen molar-refractivity contribution in [2.45, 2.75) is 33.2 Å². The molecule has 6 heteroatoms. The molecular formula is C17H18FNO4. The summed E-state index contributed by atoms with van der Waals surface area (Å²) in [5, 5.41) is 11.7. The normalized spacial score (nSPS) is 12.0. The molecule has 0 saturated heterocycles. The number of nitrogens with one attached hydrogen (secondary N) is 1. The molecule has 122 valence electrons. The Morgan fingerprint density at radius 2 is 2.04 bits per heavy atom. The molecule has 1 amide bonds. The van der Waals surface area contributed by atoms with Crippen LogP contribution in [0.1, 0.15) is 57.7 Å². The van der Waals surface area contributed by atoms with E-state index in [-0.39, 0.29) is 22.9 Å². The van der Waals surface area contributed by atoms with Crippen molar-refractivity contribution in [1.82, 2.24) is 5.32 Å². The van der Waals surface area contributed by atoms with Crippen LogP contribution in [-0.2, 0) is 6.42 Å². The molecule has 2 rings (SSSR count). The maximum absolute atomic E-state index is 13.6. The summed E-state index contributed by atoms with van der Waals surface area (Å²) in [6.45, 7) is 5.11. The van der Waals surface area contributed by atoms with Gasteiger partial charge in [-0.15, -0.1) is 0 Å². The fourth-order valence-corrected chi connectivity index (χ4v) is 2.21. The number of amides is 1. The van der Waals surface area contributed by atoms with E-state index in [2.05, 4.69) is 5.32 Å². The predicted octanol–water partition coefficient (Wildman–Crippen LogP) is 3.48. The third kappa shape index (κ3) is 3.59. The SMILES string of the molecule is CCc1oc(C(=O)NC(C)c2ccc(C)c(F)c2)cc1C(=O)O. The third-order valence-electron chi connectivity index (χ3n) is 3.63. The Hall–Kier alpha value is -2.63. The van der Waals surface area contributed by atoms with E-state index in [1.165, 1.54) is 12.1 Å². The maximum Gasteiger partial charge on any atom is 0.339 e. The van der Waals surface area contributed by atoms with Crippen LogP contribution in [0.15, 0.2) is 28.7 Å². The van der Waals surface area contributed by atoms with E-state index in [0.717, 1.165) is 0 Å². The van der Waals surface area contributed by atoms with Crippen molar-refractivity contribution < 1.29 is 23.5 Å². The first kappa shape index (κ1) is 16.7. The van der Waals surface area contributed by atoms with Crippen LogP contribution in [0.2, 0.25) is 0 Å². The molecule has 1 heterocycles. The highest BCUT2D eigenvalue weighted by molar-refractivity contribution is 5.96. The van der Waals surface area contributed by atoms with Crippen LogP contribution in [0.4, 0.5) is 4.39 Å². The Balaban J connectivity index is 2.18. The summed E-state index contributed by atoms with van der Waals surface area (Å²) in [6.07, 6.45) is 0.369. The summed E-state index contributed by atoms with van der Waals surface area (Å²) in [7, 11) is 0. The topological polar surface area (TPSA) is 79.5 Å². The Bertz CT molecular complexity index is 751. The van der Waals surface area contributed by atoms with Crippen LogP contribution in [0.3, 0.4) is 0 Å². The van der Waals surface area contributed by atoms with Gasteiger partial charge in [0.25, 0.3) is 5.91 Å². The molecule has 0 bridgehead atoms.